The molecule has 0 aromatic rings. The molecule has 0 unspecified atom stereocenters. The van der Waals surface area contributed by atoms with E-state index in [9.17, 15) is 4.79 Å². The molecule has 6 nitrogen and oxygen atoms in total. The van der Waals surface area contributed by atoms with Gasteiger partial charge in [0.1, 0.15) is 0 Å². The zero-order chi connectivity index (χ0) is 10.7. The first-order valence-corrected chi connectivity index (χ1v) is 4.35. The van der Waals surface area contributed by atoms with E-state index in [1.54, 1.807) is 0 Å². The molecular weight excluding hydrogens is 170 g/mol. The van der Waals surface area contributed by atoms with Crippen molar-refractivity contribution in [1.82, 2.24) is 10.4 Å². The molecule has 6 heteroatoms. The predicted octanol–water partition coefficient (Wildman–Crippen LogP) is -0.489. The predicted molar refractivity (Wildman–Crippen MR) is 53.2 cm³/mol. The lowest BCUT2D eigenvalue weighted by molar-refractivity contribution is 0.210. The molecule has 80 valence electrons. The van der Waals surface area contributed by atoms with Crippen LogP contribution in [0.2, 0.25) is 0 Å². The van der Waals surface area contributed by atoms with Crippen molar-refractivity contribution in [3.63, 3.8) is 0 Å². The number of amides is 2. The average Bonchev–Trinajstić information content (AvgIpc) is 2.06. The highest BCUT2D eigenvalue weighted by molar-refractivity contribution is 5.70. The second-order valence-electron chi connectivity index (χ2n) is 2.50. The Kier molecular flexibility index (Phi) is 12.6. The summed E-state index contributed by atoms with van der Waals surface area (Å²) < 4.78 is 0. The minimum absolute atomic E-state index is 0.306. The fraction of sp³-hybridized carbons (Fsp3) is 0.857. The number of carbonyl (C=O) groups is 1. The maximum absolute atomic E-state index is 9.60. The van der Waals surface area contributed by atoms with Gasteiger partial charge in [0.2, 0.25) is 0 Å². The van der Waals surface area contributed by atoms with Crippen molar-refractivity contribution in [2.45, 2.75) is 26.7 Å². The molecule has 0 aliphatic heterocycles. The second kappa shape index (κ2) is 11.2. The van der Waals surface area contributed by atoms with Crippen molar-refractivity contribution in [2.75, 3.05) is 13.1 Å². The minimum Gasteiger partial charge on any atom is -0.349 e. The summed E-state index contributed by atoms with van der Waals surface area (Å²) in [6.07, 6.45) is 2.50. The lowest BCUT2D eigenvalue weighted by atomic mass is 10.4. The van der Waals surface area contributed by atoms with Crippen LogP contribution in [0.25, 0.3) is 0 Å². The van der Waals surface area contributed by atoms with Crippen molar-refractivity contribution in [3.05, 3.63) is 0 Å². The monoisotopic (exact) mass is 191 g/mol. The van der Waals surface area contributed by atoms with Crippen molar-refractivity contribution >= 4 is 6.03 Å². The molecule has 0 radical (unpaired) electrons. The van der Waals surface area contributed by atoms with Gasteiger partial charge in [-0.3, -0.25) is 0 Å². The van der Waals surface area contributed by atoms with Crippen LogP contribution in [0, 0.1) is 0 Å². The third-order valence-corrected chi connectivity index (χ3v) is 1.11. The molecule has 0 saturated carbocycles. The van der Waals surface area contributed by atoms with Crippen LogP contribution in [0.15, 0.2) is 0 Å². The summed E-state index contributed by atoms with van der Waals surface area (Å²) in [5.74, 6) is 9.14. The molecule has 0 heterocycles. The lowest BCUT2D eigenvalue weighted by Gasteiger charge is -2.00. The molecule has 0 aromatic carbocycles. The van der Waals surface area contributed by atoms with E-state index in [1.807, 2.05) is 0 Å². The first kappa shape index (κ1) is 14.7. The van der Waals surface area contributed by atoms with Gasteiger partial charge >= 0.3 is 6.03 Å². The van der Waals surface area contributed by atoms with Gasteiger partial charge in [-0.15, -0.1) is 0 Å². The van der Waals surface area contributed by atoms with Crippen molar-refractivity contribution in [1.29, 1.82) is 0 Å². The lowest BCUT2D eigenvalue weighted by Crippen LogP contribution is -2.46. The number of urea groups is 1. The first-order valence-electron chi connectivity index (χ1n) is 4.35. The third kappa shape index (κ3) is 18.3. The van der Waals surface area contributed by atoms with Crippen LogP contribution in [-0.4, -0.2) is 24.2 Å². The number of carbonyl (C=O) groups excluding carboxylic acids is 1. The highest BCUT2D eigenvalue weighted by Gasteiger charge is 1.90. The Morgan fingerprint density at radius 2 is 1.54 bits per heavy atom. The van der Waals surface area contributed by atoms with Gasteiger partial charge in [0, 0.05) is 0 Å². The Morgan fingerprint density at radius 1 is 1.23 bits per heavy atom. The maximum atomic E-state index is 9.60. The number of hydrazine groups is 2. The van der Waals surface area contributed by atoms with E-state index in [0.717, 1.165) is 0 Å². The van der Waals surface area contributed by atoms with Crippen LogP contribution >= 0.6 is 0 Å². The summed E-state index contributed by atoms with van der Waals surface area (Å²) in [4.78, 5) is 9.60. The van der Waals surface area contributed by atoms with Crippen LogP contribution in [0.5, 0.6) is 0 Å². The molecule has 0 bridgehead atoms. The van der Waals surface area contributed by atoms with Crippen molar-refractivity contribution in [3.8, 4) is 0 Å². The Balaban J connectivity index is 0. The number of hydrogen-bond acceptors (Lipinski definition) is 4. The topological polar surface area (TPSA) is 110 Å². The molecule has 7 N–H and O–H groups in total. The van der Waals surface area contributed by atoms with Crippen LogP contribution in [0.4, 0.5) is 4.79 Å². The molecule has 0 atom stereocenters. The number of nitrogens with zero attached hydrogens (tertiary/aromatic N) is 1. The van der Waals surface area contributed by atoms with Gasteiger partial charge in [-0.2, -0.15) is 5.12 Å². The molecule has 13 heavy (non-hydrogen) atoms. The average molecular weight is 191 g/mol. The summed E-state index contributed by atoms with van der Waals surface area (Å²) in [5, 5.41) is 3.59. The van der Waals surface area contributed by atoms with Gasteiger partial charge < -0.3 is 11.1 Å². The molecule has 0 saturated heterocycles. The fourth-order valence-corrected chi connectivity index (χ4v) is 0.479. The zero-order valence-corrected chi connectivity index (χ0v) is 8.42. The SMILES string of the molecule is CCCNCCC.NC(=O)N(N)N. The first-order chi connectivity index (χ1) is 6.06. The van der Waals surface area contributed by atoms with Crippen molar-refractivity contribution < 1.29 is 4.79 Å². The van der Waals surface area contributed by atoms with Gasteiger partial charge in [-0.05, 0) is 25.9 Å². The fourth-order valence-electron chi connectivity index (χ4n) is 0.479. The third-order valence-electron chi connectivity index (χ3n) is 1.11. The van der Waals surface area contributed by atoms with Crippen LogP contribution < -0.4 is 22.7 Å². The van der Waals surface area contributed by atoms with Crippen LogP contribution in [0.3, 0.4) is 0 Å². The Labute approximate surface area is 79.4 Å². The van der Waals surface area contributed by atoms with Crippen LogP contribution in [-0.2, 0) is 0 Å². The summed E-state index contributed by atoms with van der Waals surface area (Å²) in [5.41, 5.74) is 4.47. The quantitative estimate of drug-likeness (QED) is 0.208. The molecule has 0 aliphatic carbocycles. The number of hydrogen-bond donors (Lipinski definition) is 4. The number of nitrogens with two attached hydrogens (primary N) is 3. The standard InChI is InChI=1S/C6H15N.CH6N4O/c1-3-5-7-6-4-2;2-1(6)5(3)4/h7H,3-6H2,1-2H3;3-4H2,(H2,2,6). The molecule has 0 spiro atoms. The van der Waals surface area contributed by atoms with Gasteiger partial charge in [0.25, 0.3) is 0 Å². The normalized spacial score (nSPS) is 8.62. The van der Waals surface area contributed by atoms with E-state index in [-0.39, 0.29) is 0 Å². The van der Waals surface area contributed by atoms with Gasteiger partial charge in [-0.1, -0.05) is 13.8 Å². The summed E-state index contributed by atoms with van der Waals surface area (Å²) >= 11 is 0. The van der Waals surface area contributed by atoms with Crippen molar-refractivity contribution in [2.24, 2.45) is 17.4 Å². The molecule has 0 rings (SSSR count). The maximum Gasteiger partial charge on any atom is 0.343 e. The molecule has 2 amide bonds. The smallest absolute Gasteiger partial charge is 0.343 e. The molecule has 0 fully saturated rings. The summed E-state index contributed by atoms with van der Waals surface area (Å²) in [6.45, 7) is 6.72. The van der Waals surface area contributed by atoms with E-state index in [0.29, 0.717) is 5.12 Å². The molecular formula is C7H21N5O. The van der Waals surface area contributed by atoms with E-state index in [2.05, 4.69) is 36.6 Å². The molecule has 0 aromatic heterocycles. The van der Waals surface area contributed by atoms with Gasteiger partial charge in [0.05, 0.1) is 0 Å². The van der Waals surface area contributed by atoms with E-state index in [1.165, 1.54) is 25.9 Å². The van der Waals surface area contributed by atoms with Crippen LogP contribution in [0.1, 0.15) is 26.7 Å². The highest BCUT2D eigenvalue weighted by Crippen LogP contribution is 1.71. The van der Waals surface area contributed by atoms with Gasteiger partial charge in [0.15, 0.2) is 0 Å². The Bertz CT molecular complexity index is 113. The number of nitrogens with one attached hydrogen (secondary N) is 1. The highest BCUT2D eigenvalue weighted by atomic mass is 16.2. The number of primary amides is 1. The minimum atomic E-state index is -0.852. The largest absolute Gasteiger partial charge is 0.349 e. The van der Waals surface area contributed by atoms with Gasteiger partial charge in [-0.25, -0.2) is 16.5 Å². The second-order valence-corrected chi connectivity index (χ2v) is 2.50. The van der Waals surface area contributed by atoms with E-state index in [4.69, 9.17) is 0 Å². The summed E-state index contributed by atoms with van der Waals surface area (Å²) in [7, 11) is 0. The number of rotatable bonds is 4. The zero-order valence-electron chi connectivity index (χ0n) is 8.42. The molecule has 0 aliphatic rings. The van der Waals surface area contributed by atoms with E-state index < -0.39 is 6.03 Å². The Morgan fingerprint density at radius 3 is 1.69 bits per heavy atom. The summed E-state index contributed by atoms with van der Waals surface area (Å²) in [6, 6.07) is -0.852. The van der Waals surface area contributed by atoms with E-state index >= 15 is 0 Å². The Hall–Kier alpha value is -0.850.